The molecule has 1 rings (SSSR count). The highest BCUT2D eigenvalue weighted by Gasteiger charge is 2.15. The molecule has 1 aromatic rings. The quantitative estimate of drug-likeness (QED) is 0.479. The van der Waals surface area contributed by atoms with Crippen LogP contribution in [0.15, 0.2) is 24.3 Å². The van der Waals surface area contributed by atoms with Gasteiger partial charge in [0.05, 0.1) is 18.8 Å². The van der Waals surface area contributed by atoms with E-state index < -0.39 is 12.1 Å². The molecule has 1 aromatic carbocycles. The van der Waals surface area contributed by atoms with Gasteiger partial charge in [-0.25, -0.2) is 0 Å². The highest BCUT2D eigenvalue weighted by Crippen LogP contribution is 2.16. The number of benzene rings is 1. The van der Waals surface area contributed by atoms with Crippen molar-refractivity contribution < 1.29 is 10.2 Å². The second kappa shape index (κ2) is 4.23. The Hall–Kier alpha value is -1.10. The number of nitrogens with two attached hydrogens (primary N) is 2. The Labute approximate surface area is 76.8 Å². The fraction of sp³-hybridized carbons (Fsp3) is 0.333. The first-order valence-electron chi connectivity index (χ1n) is 4.05. The molecule has 0 spiro atoms. The minimum Gasteiger partial charge on any atom is -0.399 e. The van der Waals surface area contributed by atoms with Crippen LogP contribution in [0.2, 0.25) is 0 Å². The Morgan fingerprint density at radius 3 is 2.23 bits per heavy atom. The van der Waals surface area contributed by atoms with Gasteiger partial charge in [0.2, 0.25) is 0 Å². The van der Waals surface area contributed by atoms with Crippen LogP contribution in [-0.4, -0.2) is 22.9 Å². The van der Waals surface area contributed by atoms with E-state index >= 15 is 0 Å². The van der Waals surface area contributed by atoms with Crippen LogP contribution in [0, 0.1) is 0 Å². The lowest BCUT2D eigenvalue weighted by Gasteiger charge is -2.16. The van der Waals surface area contributed by atoms with Crippen molar-refractivity contribution in [3.8, 4) is 0 Å². The Kier molecular flexibility index (Phi) is 3.25. The van der Waals surface area contributed by atoms with E-state index in [0.717, 1.165) is 0 Å². The predicted octanol–water partition coefficient (Wildman–Crippen LogP) is -0.378. The molecule has 6 N–H and O–H groups in total. The van der Waals surface area contributed by atoms with Gasteiger partial charge in [0, 0.05) is 5.69 Å². The first-order chi connectivity index (χ1) is 6.15. The summed E-state index contributed by atoms with van der Waals surface area (Å²) in [6.07, 6.45) is -0.842. The lowest BCUT2D eigenvalue weighted by molar-refractivity contribution is 0.109. The molecule has 0 fully saturated rings. The topological polar surface area (TPSA) is 92.5 Å². The van der Waals surface area contributed by atoms with Crippen molar-refractivity contribution in [2.24, 2.45) is 5.73 Å². The molecule has 0 radical (unpaired) electrons. The van der Waals surface area contributed by atoms with Crippen LogP contribution in [0.3, 0.4) is 0 Å². The average molecular weight is 182 g/mol. The molecule has 0 amide bonds. The number of aliphatic hydroxyl groups is 2. The maximum atomic E-state index is 9.55. The van der Waals surface area contributed by atoms with Crippen LogP contribution >= 0.6 is 0 Å². The zero-order valence-electron chi connectivity index (χ0n) is 7.22. The van der Waals surface area contributed by atoms with Crippen molar-refractivity contribution >= 4 is 5.69 Å². The average Bonchev–Trinajstić information content (AvgIpc) is 2.17. The fourth-order valence-corrected chi connectivity index (χ4v) is 1.04. The van der Waals surface area contributed by atoms with E-state index in [1.807, 2.05) is 0 Å². The fourth-order valence-electron chi connectivity index (χ4n) is 1.04. The molecule has 0 aromatic heterocycles. The molecule has 2 atom stereocenters. The first-order valence-corrected chi connectivity index (χ1v) is 4.05. The second-order valence-corrected chi connectivity index (χ2v) is 2.96. The molecule has 4 heteroatoms. The third-order valence-corrected chi connectivity index (χ3v) is 1.89. The van der Waals surface area contributed by atoms with Crippen LogP contribution in [0.1, 0.15) is 11.7 Å². The summed E-state index contributed by atoms with van der Waals surface area (Å²) < 4.78 is 0. The zero-order valence-corrected chi connectivity index (χ0v) is 7.22. The largest absolute Gasteiger partial charge is 0.399 e. The molecule has 72 valence electrons. The summed E-state index contributed by atoms with van der Waals surface area (Å²) in [5.74, 6) is 0. The highest BCUT2D eigenvalue weighted by molar-refractivity contribution is 5.40. The van der Waals surface area contributed by atoms with Crippen LogP contribution in [0.25, 0.3) is 0 Å². The van der Waals surface area contributed by atoms with Crippen LogP contribution in [0.5, 0.6) is 0 Å². The molecule has 0 aliphatic rings. The molecule has 4 nitrogen and oxygen atoms in total. The summed E-state index contributed by atoms with van der Waals surface area (Å²) in [6, 6.07) is 6.10. The summed E-state index contributed by atoms with van der Waals surface area (Å²) in [4.78, 5) is 0. The second-order valence-electron chi connectivity index (χ2n) is 2.96. The summed E-state index contributed by atoms with van der Waals surface area (Å²) in [5, 5.41) is 18.3. The van der Waals surface area contributed by atoms with Crippen molar-refractivity contribution in [2.75, 3.05) is 12.3 Å². The van der Waals surface area contributed by atoms with Gasteiger partial charge >= 0.3 is 0 Å². The number of hydrogen-bond acceptors (Lipinski definition) is 4. The number of anilines is 1. The molecule has 0 heterocycles. The molecule has 0 saturated carbocycles. The monoisotopic (exact) mass is 182 g/mol. The minimum atomic E-state index is -0.842. The smallest absolute Gasteiger partial charge is 0.0963 e. The van der Waals surface area contributed by atoms with Gasteiger partial charge in [0.1, 0.15) is 0 Å². The SMILES string of the molecule is Nc1ccc(C(O)C(N)CO)cc1. The minimum absolute atomic E-state index is 0.245. The third-order valence-electron chi connectivity index (χ3n) is 1.89. The molecule has 2 unspecified atom stereocenters. The van der Waals surface area contributed by atoms with Crippen molar-refractivity contribution in [3.05, 3.63) is 29.8 Å². The van der Waals surface area contributed by atoms with E-state index in [1.54, 1.807) is 24.3 Å². The molecular formula is C9H14N2O2. The van der Waals surface area contributed by atoms with Crippen molar-refractivity contribution in [1.82, 2.24) is 0 Å². The van der Waals surface area contributed by atoms with E-state index in [4.69, 9.17) is 16.6 Å². The zero-order chi connectivity index (χ0) is 9.84. The number of rotatable bonds is 3. The summed E-state index contributed by atoms with van der Waals surface area (Å²) in [7, 11) is 0. The van der Waals surface area contributed by atoms with Gasteiger partial charge in [0.25, 0.3) is 0 Å². The Balaban J connectivity index is 2.77. The maximum absolute atomic E-state index is 9.55. The van der Waals surface area contributed by atoms with E-state index in [-0.39, 0.29) is 6.61 Å². The van der Waals surface area contributed by atoms with Gasteiger partial charge in [-0.1, -0.05) is 12.1 Å². The lowest BCUT2D eigenvalue weighted by Crippen LogP contribution is -2.31. The molecule has 13 heavy (non-hydrogen) atoms. The Bertz CT molecular complexity index is 261. The Morgan fingerprint density at radius 1 is 1.23 bits per heavy atom. The predicted molar refractivity (Wildman–Crippen MR) is 50.9 cm³/mol. The van der Waals surface area contributed by atoms with Gasteiger partial charge in [-0.2, -0.15) is 0 Å². The number of aliphatic hydroxyl groups excluding tert-OH is 2. The van der Waals surface area contributed by atoms with Gasteiger partial charge in [-0.15, -0.1) is 0 Å². The maximum Gasteiger partial charge on any atom is 0.0963 e. The van der Waals surface area contributed by atoms with Crippen molar-refractivity contribution in [1.29, 1.82) is 0 Å². The lowest BCUT2D eigenvalue weighted by atomic mass is 10.0. The van der Waals surface area contributed by atoms with E-state index in [1.165, 1.54) is 0 Å². The molecule has 0 aliphatic heterocycles. The van der Waals surface area contributed by atoms with Gasteiger partial charge < -0.3 is 21.7 Å². The first kappa shape index (κ1) is 9.98. The summed E-state index contributed by atoms with van der Waals surface area (Å²) in [6.45, 7) is -0.245. The van der Waals surface area contributed by atoms with E-state index in [9.17, 15) is 5.11 Å². The van der Waals surface area contributed by atoms with Gasteiger partial charge in [-0.3, -0.25) is 0 Å². The summed E-state index contributed by atoms with van der Waals surface area (Å²) >= 11 is 0. The standard InChI is InChI=1S/C9H14N2O2/c10-7-3-1-6(2-4-7)9(13)8(11)5-12/h1-4,8-9,12-13H,5,10-11H2. The Morgan fingerprint density at radius 2 is 1.77 bits per heavy atom. The van der Waals surface area contributed by atoms with Gasteiger partial charge in [-0.05, 0) is 17.7 Å². The van der Waals surface area contributed by atoms with E-state index in [0.29, 0.717) is 11.3 Å². The number of hydrogen-bond donors (Lipinski definition) is 4. The molecule has 0 bridgehead atoms. The highest BCUT2D eigenvalue weighted by atomic mass is 16.3. The van der Waals surface area contributed by atoms with Gasteiger partial charge in [0.15, 0.2) is 0 Å². The van der Waals surface area contributed by atoms with Crippen molar-refractivity contribution in [2.45, 2.75) is 12.1 Å². The summed E-state index contributed by atoms with van der Waals surface area (Å²) in [5.41, 5.74) is 12.2. The van der Waals surface area contributed by atoms with Crippen LogP contribution in [-0.2, 0) is 0 Å². The molecule has 0 aliphatic carbocycles. The number of nitrogen functional groups attached to an aromatic ring is 1. The third kappa shape index (κ3) is 2.42. The molecule has 0 saturated heterocycles. The van der Waals surface area contributed by atoms with Crippen LogP contribution in [0.4, 0.5) is 5.69 Å². The normalized spacial score (nSPS) is 15.3. The molecular weight excluding hydrogens is 168 g/mol. The van der Waals surface area contributed by atoms with Crippen molar-refractivity contribution in [3.63, 3.8) is 0 Å². The van der Waals surface area contributed by atoms with E-state index in [2.05, 4.69) is 0 Å². The van der Waals surface area contributed by atoms with Crippen LogP contribution < -0.4 is 11.5 Å².